The molecule has 76 valence electrons. The predicted octanol–water partition coefficient (Wildman–Crippen LogP) is 3.45. The first-order chi connectivity index (χ1) is 6.69. The summed E-state index contributed by atoms with van der Waals surface area (Å²) in [5, 5.41) is -0.387. The van der Waals surface area contributed by atoms with Gasteiger partial charge in [0, 0.05) is 5.56 Å². The summed E-state index contributed by atoms with van der Waals surface area (Å²) in [5.41, 5.74) is 1.95. The first-order valence-corrected chi connectivity index (χ1v) is 5.39. The molecule has 2 heteroatoms. The van der Waals surface area contributed by atoms with Crippen molar-refractivity contribution in [3.8, 4) is 0 Å². The first kappa shape index (κ1) is 11.3. The molecule has 0 aliphatic rings. The summed E-state index contributed by atoms with van der Waals surface area (Å²) in [6.45, 7) is 4.00. The van der Waals surface area contributed by atoms with Crippen LogP contribution in [0.2, 0.25) is 0 Å². The second-order valence-corrected chi connectivity index (χ2v) is 3.82. The van der Waals surface area contributed by atoms with Crippen LogP contribution in [0.4, 0.5) is 0 Å². The van der Waals surface area contributed by atoms with E-state index in [-0.39, 0.29) is 11.2 Å². The number of hydrogen-bond donors (Lipinski definition) is 0. The van der Waals surface area contributed by atoms with Gasteiger partial charge in [0.05, 0.1) is 5.38 Å². The minimum atomic E-state index is -0.387. The highest BCUT2D eigenvalue weighted by Crippen LogP contribution is 2.12. The van der Waals surface area contributed by atoms with Crippen LogP contribution < -0.4 is 0 Å². The van der Waals surface area contributed by atoms with E-state index < -0.39 is 0 Å². The quantitative estimate of drug-likeness (QED) is 0.550. The van der Waals surface area contributed by atoms with Crippen molar-refractivity contribution in [2.75, 3.05) is 0 Å². The molecule has 0 saturated carbocycles. The molecule has 0 bridgehead atoms. The van der Waals surface area contributed by atoms with Gasteiger partial charge in [0.2, 0.25) is 0 Å². The average Bonchev–Trinajstić information content (AvgIpc) is 2.27. The number of aryl methyl sites for hydroxylation is 1. The minimum absolute atomic E-state index is 0.0248. The van der Waals surface area contributed by atoms with Gasteiger partial charge in [-0.2, -0.15) is 0 Å². The van der Waals surface area contributed by atoms with E-state index in [1.54, 1.807) is 0 Å². The molecule has 1 aromatic carbocycles. The van der Waals surface area contributed by atoms with Crippen molar-refractivity contribution in [2.24, 2.45) is 0 Å². The van der Waals surface area contributed by atoms with Gasteiger partial charge in [-0.15, -0.1) is 11.6 Å². The van der Waals surface area contributed by atoms with Crippen LogP contribution in [0.5, 0.6) is 0 Å². The fraction of sp³-hybridized carbons (Fsp3) is 0.417. The Morgan fingerprint density at radius 1 is 1.29 bits per heavy atom. The van der Waals surface area contributed by atoms with Crippen LogP contribution in [0.25, 0.3) is 0 Å². The molecule has 1 rings (SSSR count). The first-order valence-electron chi connectivity index (χ1n) is 4.96. The van der Waals surface area contributed by atoms with Gasteiger partial charge < -0.3 is 0 Å². The van der Waals surface area contributed by atoms with E-state index >= 15 is 0 Å². The Balaban J connectivity index is 2.81. The number of Topliss-reactive ketones (excluding diaryl/α,β-unsaturated/α-hetero) is 1. The molecule has 1 unspecified atom stereocenters. The summed E-state index contributed by atoms with van der Waals surface area (Å²) in [5.74, 6) is 0.0248. The topological polar surface area (TPSA) is 17.1 Å². The normalized spacial score (nSPS) is 12.5. The Kier molecular flexibility index (Phi) is 4.15. The van der Waals surface area contributed by atoms with Crippen molar-refractivity contribution < 1.29 is 4.79 Å². The maximum Gasteiger partial charge on any atom is 0.180 e. The standard InChI is InChI=1S/C12H15ClO/c1-3-9-5-7-10(8-6-9)12(14)11(13)4-2/h5-8,11H,3-4H2,1-2H3. The molecule has 1 aromatic rings. The van der Waals surface area contributed by atoms with Crippen LogP contribution in [0.3, 0.4) is 0 Å². The monoisotopic (exact) mass is 210 g/mol. The summed E-state index contributed by atoms with van der Waals surface area (Å²) >= 11 is 5.87. The second-order valence-electron chi connectivity index (χ2n) is 3.29. The molecular weight excluding hydrogens is 196 g/mol. The zero-order valence-corrected chi connectivity index (χ0v) is 9.34. The molecule has 0 N–H and O–H groups in total. The third-order valence-electron chi connectivity index (χ3n) is 2.29. The zero-order valence-electron chi connectivity index (χ0n) is 8.59. The maximum absolute atomic E-state index is 11.6. The summed E-state index contributed by atoms with van der Waals surface area (Å²) in [6, 6.07) is 7.66. The molecular formula is C12H15ClO. The average molecular weight is 211 g/mol. The van der Waals surface area contributed by atoms with Gasteiger partial charge in [-0.3, -0.25) is 4.79 Å². The Bertz CT molecular complexity index is 303. The van der Waals surface area contributed by atoms with Crippen LogP contribution in [0, 0.1) is 0 Å². The summed E-state index contributed by atoms with van der Waals surface area (Å²) in [6.07, 6.45) is 1.67. The van der Waals surface area contributed by atoms with E-state index in [2.05, 4.69) is 6.92 Å². The molecule has 0 aromatic heterocycles. The van der Waals surface area contributed by atoms with Gasteiger partial charge in [-0.05, 0) is 18.4 Å². The highest BCUT2D eigenvalue weighted by atomic mass is 35.5. The van der Waals surface area contributed by atoms with Gasteiger partial charge >= 0.3 is 0 Å². The Morgan fingerprint density at radius 3 is 2.29 bits per heavy atom. The smallest absolute Gasteiger partial charge is 0.180 e. The van der Waals surface area contributed by atoms with Crippen molar-refractivity contribution in [3.05, 3.63) is 35.4 Å². The molecule has 0 heterocycles. The van der Waals surface area contributed by atoms with E-state index in [0.717, 1.165) is 6.42 Å². The lowest BCUT2D eigenvalue weighted by Crippen LogP contribution is -2.13. The van der Waals surface area contributed by atoms with Crippen molar-refractivity contribution in [2.45, 2.75) is 32.1 Å². The van der Waals surface area contributed by atoms with Gasteiger partial charge in [0.1, 0.15) is 0 Å². The predicted molar refractivity (Wildman–Crippen MR) is 60.1 cm³/mol. The summed E-state index contributed by atoms with van der Waals surface area (Å²) in [7, 11) is 0. The number of ketones is 1. The van der Waals surface area contributed by atoms with Gasteiger partial charge in [0.25, 0.3) is 0 Å². The number of benzene rings is 1. The lowest BCUT2D eigenvalue weighted by atomic mass is 10.0. The van der Waals surface area contributed by atoms with E-state index in [4.69, 9.17) is 11.6 Å². The molecule has 0 spiro atoms. The van der Waals surface area contributed by atoms with Gasteiger partial charge in [0.15, 0.2) is 5.78 Å². The van der Waals surface area contributed by atoms with E-state index in [0.29, 0.717) is 12.0 Å². The second kappa shape index (κ2) is 5.16. The van der Waals surface area contributed by atoms with E-state index in [9.17, 15) is 4.79 Å². The van der Waals surface area contributed by atoms with Crippen LogP contribution in [0.1, 0.15) is 36.2 Å². The highest BCUT2D eigenvalue weighted by molar-refractivity contribution is 6.33. The van der Waals surface area contributed by atoms with Crippen molar-refractivity contribution >= 4 is 17.4 Å². The van der Waals surface area contributed by atoms with Crippen molar-refractivity contribution in [1.29, 1.82) is 0 Å². The van der Waals surface area contributed by atoms with Gasteiger partial charge in [-0.1, -0.05) is 38.1 Å². The number of carbonyl (C=O) groups excluding carboxylic acids is 1. The number of carbonyl (C=O) groups is 1. The largest absolute Gasteiger partial charge is 0.293 e. The van der Waals surface area contributed by atoms with E-state index in [1.807, 2.05) is 31.2 Å². The molecule has 0 fully saturated rings. The fourth-order valence-corrected chi connectivity index (χ4v) is 1.40. The van der Waals surface area contributed by atoms with Crippen LogP contribution in [-0.4, -0.2) is 11.2 Å². The van der Waals surface area contributed by atoms with E-state index in [1.165, 1.54) is 5.56 Å². The third kappa shape index (κ3) is 2.58. The molecule has 0 radical (unpaired) electrons. The number of hydrogen-bond acceptors (Lipinski definition) is 1. The lowest BCUT2D eigenvalue weighted by molar-refractivity contribution is 0.0985. The lowest BCUT2D eigenvalue weighted by Gasteiger charge is -2.05. The van der Waals surface area contributed by atoms with Crippen LogP contribution >= 0.6 is 11.6 Å². The highest BCUT2D eigenvalue weighted by Gasteiger charge is 2.14. The zero-order chi connectivity index (χ0) is 10.6. The fourth-order valence-electron chi connectivity index (χ4n) is 1.27. The van der Waals surface area contributed by atoms with Crippen LogP contribution in [0.15, 0.2) is 24.3 Å². The Morgan fingerprint density at radius 2 is 1.86 bits per heavy atom. The molecule has 14 heavy (non-hydrogen) atoms. The molecule has 1 atom stereocenters. The minimum Gasteiger partial charge on any atom is -0.293 e. The molecule has 0 aliphatic heterocycles. The van der Waals surface area contributed by atoms with Crippen molar-refractivity contribution in [1.82, 2.24) is 0 Å². The number of halogens is 1. The third-order valence-corrected chi connectivity index (χ3v) is 2.80. The SMILES string of the molecule is CCc1ccc(C(=O)C(Cl)CC)cc1. The van der Waals surface area contributed by atoms with Gasteiger partial charge in [-0.25, -0.2) is 0 Å². The maximum atomic E-state index is 11.6. The number of alkyl halides is 1. The molecule has 0 aliphatic carbocycles. The van der Waals surface area contributed by atoms with Crippen molar-refractivity contribution in [3.63, 3.8) is 0 Å². The summed E-state index contributed by atoms with van der Waals surface area (Å²) in [4.78, 5) is 11.6. The summed E-state index contributed by atoms with van der Waals surface area (Å²) < 4.78 is 0. The Labute approximate surface area is 90.1 Å². The Hall–Kier alpha value is -0.820. The molecule has 1 nitrogen and oxygen atoms in total. The van der Waals surface area contributed by atoms with Crippen LogP contribution in [-0.2, 0) is 6.42 Å². The molecule has 0 amide bonds. The number of rotatable bonds is 4. The molecule has 0 saturated heterocycles.